The highest BCUT2D eigenvalue weighted by Crippen LogP contribution is 2.31. The number of hydrogen-bond donors (Lipinski definition) is 0. The molecule has 0 bridgehead atoms. The molecular formula is C27H28N4O2S. The maximum Gasteiger partial charge on any atom is 0.264 e. The molecule has 0 atom stereocenters. The van der Waals surface area contributed by atoms with E-state index in [-0.39, 0.29) is 17.5 Å². The Balaban J connectivity index is 1.38. The molecule has 0 N–H and O–H groups in total. The number of piperazine rings is 1. The molecule has 34 heavy (non-hydrogen) atoms. The van der Waals surface area contributed by atoms with Crippen molar-refractivity contribution in [1.82, 2.24) is 19.4 Å². The van der Waals surface area contributed by atoms with E-state index in [9.17, 15) is 9.59 Å². The van der Waals surface area contributed by atoms with Crippen LogP contribution in [0.15, 0.2) is 71.8 Å². The highest BCUT2D eigenvalue weighted by atomic mass is 32.1. The largest absolute Gasteiger partial charge is 0.335 e. The first-order valence-electron chi connectivity index (χ1n) is 11.7. The number of benzene rings is 2. The molecule has 0 aliphatic carbocycles. The number of carbonyl (C=O) groups excluding carboxylic acids is 1. The predicted molar refractivity (Wildman–Crippen MR) is 136 cm³/mol. The molecule has 1 amide bonds. The summed E-state index contributed by atoms with van der Waals surface area (Å²) in [5.74, 6) is -0.00132. The maximum atomic E-state index is 13.5. The van der Waals surface area contributed by atoms with E-state index in [1.165, 1.54) is 22.5 Å². The number of hydrogen-bond acceptors (Lipinski definition) is 5. The Labute approximate surface area is 203 Å². The van der Waals surface area contributed by atoms with Gasteiger partial charge in [0.05, 0.1) is 22.6 Å². The molecule has 3 heterocycles. The highest BCUT2D eigenvalue weighted by molar-refractivity contribution is 7.20. The smallest absolute Gasteiger partial charge is 0.264 e. The summed E-state index contributed by atoms with van der Waals surface area (Å²) < 4.78 is 1.59. The topological polar surface area (TPSA) is 58.4 Å². The van der Waals surface area contributed by atoms with E-state index in [2.05, 4.69) is 58.4 Å². The molecule has 1 saturated heterocycles. The lowest BCUT2D eigenvalue weighted by Gasteiger charge is -2.39. The highest BCUT2D eigenvalue weighted by Gasteiger charge is 2.30. The molecule has 6 nitrogen and oxygen atoms in total. The van der Waals surface area contributed by atoms with Crippen molar-refractivity contribution in [2.24, 2.45) is 0 Å². The minimum absolute atomic E-state index is 0.00132. The molecule has 7 heteroatoms. The third kappa shape index (κ3) is 4.06. The Kier molecular flexibility index (Phi) is 6.30. The summed E-state index contributed by atoms with van der Waals surface area (Å²) in [7, 11) is 0. The molecule has 0 saturated carbocycles. The SMILES string of the molecule is CCn1cnc2sc(C(=O)N3CCN(C(c4ccccc4)c4ccccc4)CC3)c(C)c2c1=O. The Bertz CT molecular complexity index is 1320. The van der Waals surface area contributed by atoms with Crippen molar-refractivity contribution in [1.29, 1.82) is 0 Å². The number of thiophene rings is 1. The molecule has 1 fully saturated rings. The van der Waals surface area contributed by atoms with Gasteiger partial charge in [-0.25, -0.2) is 4.98 Å². The van der Waals surface area contributed by atoms with Crippen LogP contribution in [0.3, 0.4) is 0 Å². The van der Waals surface area contributed by atoms with Crippen molar-refractivity contribution in [3.8, 4) is 0 Å². The van der Waals surface area contributed by atoms with Crippen molar-refractivity contribution in [2.45, 2.75) is 26.4 Å². The van der Waals surface area contributed by atoms with E-state index in [0.717, 1.165) is 18.7 Å². The van der Waals surface area contributed by atoms with E-state index in [0.29, 0.717) is 34.7 Å². The molecule has 2 aromatic carbocycles. The quantitative estimate of drug-likeness (QED) is 0.434. The van der Waals surface area contributed by atoms with Gasteiger partial charge in [0.25, 0.3) is 11.5 Å². The molecule has 0 spiro atoms. The van der Waals surface area contributed by atoms with E-state index in [1.54, 1.807) is 10.9 Å². The van der Waals surface area contributed by atoms with Gasteiger partial charge < -0.3 is 4.90 Å². The Morgan fingerprint density at radius 1 is 0.971 bits per heavy atom. The lowest BCUT2D eigenvalue weighted by atomic mass is 9.96. The number of carbonyl (C=O) groups is 1. The lowest BCUT2D eigenvalue weighted by molar-refractivity contribution is 0.0601. The van der Waals surface area contributed by atoms with Crippen molar-refractivity contribution < 1.29 is 4.79 Å². The zero-order valence-corrected chi connectivity index (χ0v) is 20.3. The second kappa shape index (κ2) is 9.52. The fraction of sp³-hybridized carbons (Fsp3) is 0.296. The van der Waals surface area contributed by atoms with Crippen LogP contribution >= 0.6 is 11.3 Å². The second-order valence-electron chi connectivity index (χ2n) is 8.62. The van der Waals surface area contributed by atoms with Gasteiger partial charge in [0.1, 0.15) is 4.83 Å². The number of aryl methyl sites for hydroxylation is 2. The van der Waals surface area contributed by atoms with Crippen molar-refractivity contribution in [3.63, 3.8) is 0 Å². The van der Waals surface area contributed by atoms with E-state index < -0.39 is 0 Å². The lowest BCUT2D eigenvalue weighted by Crippen LogP contribution is -2.49. The fourth-order valence-corrected chi connectivity index (χ4v) is 5.91. The summed E-state index contributed by atoms with van der Waals surface area (Å²) in [6.07, 6.45) is 1.57. The molecule has 1 aliphatic heterocycles. The molecular weight excluding hydrogens is 444 g/mol. The first-order chi connectivity index (χ1) is 16.6. The van der Waals surface area contributed by atoms with Crippen LogP contribution in [0.5, 0.6) is 0 Å². The third-order valence-electron chi connectivity index (χ3n) is 6.65. The summed E-state index contributed by atoms with van der Waals surface area (Å²) in [5, 5.41) is 0.574. The minimum atomic E-state index is -0.0707. The Morgan fingerprint density at radius 3 is 2.12 bits per heavy atom. The van der Waals surface area contributed by atoms with Crippen LogP contribution in [0, 0.1) is 6.92 Å². The molecule has 0 radical (unpaired) electrons. The van der Waals surface area contributed by atoms with Crippen molar-refractivity contribution >= 4 is 27.5 Å². The van der Waals surface area contributed by atoms with Crippen molar-refractivity contribution in [3.05, 3.63) is 98.9 Å². The summed E-state index contributed by atoms with van der Waals surface area (Å²) in [6, 6.07) is 21.2. The van der Waals surface area contributed by atoms with Gasteiger partial charge in [0.2, 0.25) is 0 Å². The second-order valence-corrected chi connectivity index (χ2v) is 9.62. The zero-order chi connectivity index (χ0) is 23.7. The van der Waals surface area contributed by atoms with Gasteiger partial charge in [-0.15, -0.1) is 11.3 Å². The van der Waals surface area contributed by atoms with Gasteiger partial charge in [0.15, 0.2) is 0 Å². The van der Waals surface area contributed by atoms with Crippen LogP contribution < -0.4 is 5.56 Å². The summed E-state index contributed by atoms with van der Waals surface area (Å²) in [6.45, 7) is 7.21. The average molecular weight is 473 g/mol. The number of rotatable bonds is 5. The Hall–Kier alpha value is -3.29. The van der Waals surface area contributed by atoms with Crippen LogP contribution in [0.4, 0.5) is 0 Å². The van der Waals surface area contributed by atoms with Gasteiger partial charge in [-0.1, -0.05) is 60.7 Å². The van der Waals surface area contributed by atoms with Gasteiger partial charge in [-0.2, -0.15) is 0 Å². The number of aromatic nitrogens is 2. The summed E-state index contributed by atoms with van der Waals surface area (Å²) in [4.78, 5) is 36.3. The summed E-state index contributed by atoms with van der Waals surface area (Å²) in [5.41, 5.74) is 3.19. The average Bonchev–Trinajstić information content (AvgIpc) is 3.23. The monoisotopic (exact) mass is 472 g/mol. The zero-order valence-electron chi connectivity index (χ0n) is 19.5. The summed E-state index contributed by atoms with van der Waals surface area (Å²) >= 11 is 1.33. The van der Waals surface area contributed by atoms with E-state index >= 15 is 0 Å². The number of nitrogens with zero attached hydrogens (tertiary/aromatic N) is 4. The number of amides is 1. The van der Waals surface area contributed by atoms with E-state index in [1.807, 2.05) is 30.9 Å². The molecule has 2 aromatic heterocycles. The fourth-order valence-electron chi connectivity index (χ4n) is 4.80. The minimum Gasteiger partial charge on any atom is -0.335 e. The van der Waals surface area contributed by atoms with Crippen LogP contribution in [0.25, 0.3) is 10.2 Å². The van der Waals surface area contributed by atoms with Gasteiger partial charge in [-0.05, 0) is 30.5 Å². The molecule has 174 valence electrons. The number of fused-ring (bicyclic) bond motifs is 1. The molecule has 0 unspecified atom stereocenters. The maximum absolute atomic E-state index is 13.5. The van der Waals surface area contributed by atoms with Crippen LogP contribution in [0.2, 0.25) is 0 Å². The van der Waals surface area contributed by atoms with Crippen molar-refractivity contribution in [2.75, 3.05) is 26.2 Å². The third-order valence-corrected chi connectivity index (χ3v) is 7.84. The standard InChI is InChI=1S/C27H28N4O2S/c1-3-29-18-28-25-22(26(29)32)19(2)24(34-25)27(33)31-16-14-30(15-17-31)23(20-10-6-4-7-11-20)21-12-8-5-9-13-21/h4-13,18,23H,3,14-17H2,1-2H3. The predicted octanol–water partition coefficient (Wildman–Crippen LogP) is 4.33. The van der Waals surface area contributed by atoms with Crippen LogP contribution in [-0.2, 0) is 6.54 Å². The van der Waals surface area contributed by atoms with Crippen LogP contribution in [0.1, 0.15) is 39.3 Å². The molecule has 1 aliphatic rings. The van der Waals surface area contributed by atoms with Gasteiger partial charge in [-0.3, -0.25) is 19.1 Å². The Morgan fingerprint density at radius 2 is 1.56 bits per heavy atom. The molecule has 4 aromatic rings. The van der Waals surface area contributed by atoms with Gasteiger partial charge >= 0.3 is 0 Å². The van der Waals surface area contributed by atoms with Crippen LogP contribution in [-0.4, -0.2) is 51.4 Å². The first kappa shape index (κ1) is 22.5. The normalized spacial score (nSPS) is 14.7. The van der Waals surface area contributed by atoms with E-state index in [4.69, 9.17) is 0 Å². The first-order valence-corrected chi connectivity index (χ1v) is 12.5. The molecule has 5 rings (SSSR count). The van der Waals surface area contributed by atoms with Gasteiger partial charge in [0, 0.05) is 32.7 Å².